The Labute approximate surface area is 90.3 Å². The first-order chi connectivity index (χ1) is 7.22. The molecule has 1 N–H and O–H groups in total. The lowest BCUT2D eigenvalue weighted by Crippen LogP contribution is -2.13. The van der Waals surface area contributed by atoms with Gasteiger partial charge in [0.05, 0.1) is 12.8 Å². The lowest BCUT2D eigenvalue weighted by atomic mass is 9.94. The molecule has 1 aromatic rings. The molecule has 0 saturated carbocycles. The van der Waals surface area contributed by atoms with Gasteiger partial charge in [0.15, 0.2) is 0 Å². The van der Waals surface area contributed by atoms with Gasteiger partial charge in [0.25, 0.3) is 0 Å². The van der Waals surface area contributed by atoms with Crippen LogP contribution in [0.1, 0.15) is 38.5 Å². The molecule has 1 atom stereocenters. The molecule has 1 unspecified atom stereocenters. The maximum absolute atomic E-state index is 10.0. The minimum atomic E-state index is -0.529. The summed E-state index contributed by atoms with van der Waals surface area (Å²) in [6.07, 6.45) is 1.34. The van der Waals surface area contributed by atoms with Crippen molar-refractivity contribution in [3.63, 3.8) is 0 Å². The maximum atomic E-state index is 10.0. The molecule has 0 aliphatic heterocycles. The number of hydrogen-bond acceptors (Lipinski definition) is 4. The molecule has 0 bridgehead atoms. The molecule has 1 rings (SSSR count). The van der Waals surface area contributed by atoms with E-state index in [1.54, 1.807) is 19.2 Å². The first-order valence-electron chi connectivity index (χ1n) is 5.28. The monoisotopic (exact) mass is 210 g/mol. The van der Waals surface area contributed by atoms with Crippen molar-refractivity contribution in [2.45, 2.75) is 32.8 Å². The van der Waals surface area contributed by atoms with Gasteiger partial charge in [-0.25, -0.2) is 0 Å². The van der Waals surface area contributed by atoms with Gasteiger partial charge in [-0.05, 0) is 12.0 Å². The highest BCUT2D eigenvalue weighted by Crippen LogP contribution is 2.25. The normalized spacial score (nSPS) is 12.9. The fourth-order valence-electron chi connectivity index (χ4n) is 1.57. The van der Waals surface area contributed by atoms with Gasteiger partial charge in [-0.2, -0.15) is 0 Å². The van der Waals surface area contributed by atoms with Crippen LogP contribution in [0.2, 0.25) is 0 Å². The third-order valence-electron chi connectivity index (χ3n) is 2.67. The van der Waals surface area contributed by atoms with E-state index in [-0.39, 0.29) is 5.92 Å². The minimum Gasteiger partial charge on any atom is -0.480 e. The summed E-state index contributed by atoms with van der Waals surface area (Å²) in [6, 6.07) is 3.47. The van der Waals surface area contributed by atoms with E-state index in [2.05, 4.69) is 24.0 Å². The van der Waals surface area contributed by atoms with Crippen LogP contribution in [0.15, 0.2) is 12.1 Å². The van der Waals surface area contributed by atoms with Crippen LogP contribution in [0.5, 0.6) is 5.88 Å². The molecule has 1 heterocycles. The number of aromatic nitrogens is 2. The third-order valence-corrected chi connectivity index (χ3v) is 2.67. The smallest absolute Gasteiger partial charge is 0.233 e. The quantitative estimate of drug-likeness (QED) is 0.807. The van der Waals surface area contributed by atoms with E-state index in [1.165, 1.54) is 0 Å². The molecule has 0 radical (unpaired) electrons. The summed E-state index contributed by atoms with van der Waals surface area (Å²) in [5.41, 5.74) is 0.615. The van der Waals surface area contributed by atoms with Gasteiger partial charge < -0.3 is 9.84 Å². The van der Waals surface area contributed by atoms with Crippen LogP contribution >= 0.6 is 0 Å². The number of aliphatic hydroxyl groups excluding tert-OH is 1. The molecule has 4 heteroatoms. The predicted octanol–water partition coefficient (Wildman–Crippen LogP) is 1.95. The molecular weight excluding hydrogens is 192 g/mol. The Kier molecular flexibility index (Phi) is 4.49. The van der Waals surface area contributed by atoms with Crippen molar-refractivity contribution in [2.75, 3.05) is 7.11 Å². The van der Waals surface area contributed by atoms with Crippen molar-refractivity contribution < 1.29 is 9.84 Å². The average molecular weight is 210 g/mol. The van der Waals surface area contributed by atoms with Gasteiger partial charge in [-0.1, -0.05) is 26.7 Å². The number of hydrogen-bond donors (Lipinski definition) is 1. The van der Waals surface area contributed by atoms with Crippen molar-refractivity contribution in [3.8, 4) is 5.88 Å². The van der Waals surface area contributed by atoms with Gasteiger partial charge in [0.2, 0.25) is 5.88 Å². The van der Waals surface area contributed by atoms with Gasteiger partial charge in [-0.15, -0.1) is 10.2 Å². The second kappa shape index (κ2) is 5.66. The average Bonchev–Trinajstić information content (AvgIpc) is 2.30. The molecule has 84 valence electrons. The SMILES string of the molecule is CCC(CC)C(O)c1ccc(OC)nn1. The largest absolute Gasteiger partial charge is 0.480 e. The summed E-state index contributed by atoms with van der Waals surface area (Å²) in [6.45, 7) is 4.13. The van der Waals surface area contributed by atoms with Crippen LogP contribution in [0.25, 0.3) is 0 Å². The standard InChI is InChI=1S/C11H18N2O2/c1-4-8(5-2)11(14)9-6-7-10(15-3)13-12-9/h6-8,11,14H,4-5H2,1-3H3. The van der Waals surface area contributed by atoms with Crippen LogP contribution in [0, 0.1) is 5.92 Å². The molecule has 1 aromatic heterocycles. The Morgan fingerprint density at radius 1 is 1.27 bits per heavy atom. The molecular formula is C11H18N2O2. The highest BCUT2D eigenvalue weighted by atomic mass is 16.5. The first-order valence-corrected chi connectivity index (χ1v) is 5.28. The zero-order chi connectivity index (χ0) is 11.3. The Morgan fingerprint density at radius 2 is 1.93 bits per heavy atom. The number of methoxy groups -OCH3 is 1. The Bertz CT molecular complexity index is 283. The van der Waals surface area contributed by atoms with Crippen LogP contribution in [-0.2, 0) is 0 Å². The van der Waals surface area contributed by atoms with E-state index < -0.39 is 6.10 Å². The van der Waals surface area contributed by atoms with Gasteiger partial charge in [0.1, 0.15) is 6.10 Å². The van der Waals surface area contributed by atoms with E-state index >= 15 is 0 Å². The molecule has 0 amide bonds. The van der Waals surface area contributed by atoms with E-state index in [9.17, 15) is 5.11 Å². The lowest BCUT2D eigenvalue weighted by molar-refractivity contribution is 0.0980. The number of ether oxygens (including phenoxy) is 1. The molecule has 0 spiro atoms. The maximum Gasteiger partial charge on any atom is 0.233 e. The van der Waals surface area contributed by atoms with Crippen molar-refractivity contribution >= 4 is 0 Å². The molecule has 15 heavy (non-hydrogen) atoms. The van der Waals surface area contributed by atoms with Crippen molar-refractivity contribution in [3.05, 3.63) is 17.8 Å². The Balaban J connectivity index is 2.76. The van der Waals surface area contributed by atoms with Crippen molar-refractivity contribution in [1.82, 2.24) is 10.2 Å². The summed E-state index contributed by atoms with van der Waals surface area (Å²) in [4.78, 5) is 0. The summed E-state index contributed by atoms with van der Waals surface area (Å²) in [5, 5.41) is 17.8. The Morgan fingerprint density at radius 3 is 2.33 bits per heavy atom. The van der Waals surface area contributed by atoms with Crippen LogP contribution in [0.4, 0.5) is 0 Å². The number of aliphatic hydroxyl groups is 1. The zero-order valence-electron chi connectivity index (χ0n) is 9.47. The summed E-state index contributed by atoms with van der Waals surface area (Å²) >= 11 is 0. The second-order valence-corrected chi connectivity index (χ2v) is 3.52. The van der Waals surface area contributed by atoms with E-state index in [1.807, 2.05) is 0 Å². The molecule has 0 fully saturated rings. The number of rotatable bonds is 5. The van der Waals surface area contributed by atoms with Crippen LogP contribution in [-0.4, -0.2) is 22.4 Å². The lowest BCUT2D eigenvalue weighted by Gasteiger charge is -2.18. The van der Waals surface area contributed by atoms with Crippen molar-refractivity contribution in [1.29, 1.82) is 0 Å². The first kappa shape index (κ1) is 11.9. The fourth-order valence-corrected chi connectivity index (χ4v) is 1.57. The van der Waals surface area contributed by atoms with Gasteiger partial charge in [-0.3, -0.25) is 0 Å². The minimum absolute atomic E-state index is 0.243. The highest BCUT2D eigenvalue weighted by Gasteiger charge is 2.19. The second-order valence-electron chi connectivity index (χ2n) is 3.52. The summed E-state index contributed by atoms with van der Waals surface area (Å²) in [7, 11) is 1.54. The Hall–Kier alpha value is -1.16. The number of nitrogens with zero attached hydrogens (tertiary/aromatic N) is 2. The van der Waals surface area contributed by atoms with Crippen LogP contribution in [0.3, 0.4) is 0 Å². The third kappa shape index (κ3) is 2.89. The topological polar surface area (TPSA) is 55.2 Å². The van der Waals surface area contributed by atoms with Gasteiger partial charge >= 0.3 is 0 Å². The van der Waals surface area contributed by atoms with Crippen LogP contribution < -0.4 is 4.74 Å². The summed E-state index contributed by atoms with van der Waals surface area (Å²) < 4.78 is 4.91. The fraction of sp³-hybridized carbons (Fsp3) is 0.636. The molecule has 0 aliphatic carbocycles. The molecule has 0 aliphatic rings. The van der Waals surface area contributed by atoms with Crippen molar-refractivity contribution in [2.24, 2.45) is 5.92 Å². The van der Waals surface area contributed by atoms with E-state index in [0.717, 1.165) is 12.8 Å². The molecule has 0 aromatic carbocycles. The summed E-state index contributed by atoms with van der Waals surface area (Å²) in [5.74, 6) is 0.711. The molecule has 4 nitrogen and oxygen atoms in total. The van der Waals surface area contributed by atoms with Gasteiger partial charge in [0, 0.05) is 6.07 Å². The molecule has 0 saturated heterocycles. The zero-order valence-corrected chi connectivity index (χ0v) is 9.47. The van der Waals surface area contributed by atoms with E-state index in [4.69, 9.17) is 4.74 Å². The highest BCUT2D eigenvalue weighted by molar-refractivity contribution is 5.13. The van der Waals surface area contributed by atoms with E-state index in [0.29, 0.717) is 11.6 Å². The predicted molar refractivity (Wildman–Crippen MR) is 57.6 cm³/mol.